The number of alkyl halides is 3. The predicted molar refractivity (Wildman–Crippen MR) is 105 cm³/mol. The van der Waals surface area contributed by atoms with Gasteiger partial charge < -0.3 is 14.2 Å². The van der Waals surface area contributed by atoms with Crippen LogP contribution in [-0.2, 0) is 28.6 Å². The number of hydrogen-bond acceptors (Lipinski definition) is 7. The number of likely N-dealkylation sites (tertiary alicyclic amines) is 1. The molecule has 8 nitrogen and oxygen atoms in total. The lowest BCUT2D eigenvalue weighted by atomic mass is 10.2. The van der Waals surface area contributed by atoms with Crippen molar-refractivity contribution in [1.82, 2.24) is 19.4 Å². The molecule has 0 N–H and O–H groups in total. The van der Waals surface area contributed by atoms with Crippen molar-refractivity contribution in [3.05, 3.63) is 16.2 Å². The fraction of sp³-hybridized carbons (Fsp3) is 0.647. The molecule has 1 aliphatic heterocycles. The Labute approximate surface area is 177 Å². The molecule has 1 saturated heterocycles. The molecular formula is C17H21F3N4O4S2. The van der Waals surface area contributed by atoms with Gasteiger partial charge >= 0.3 is 16.6 Å². The highest BCUT2D eigenvalue weighted by Gasteiger charge is 2.40. The Morgan fingerprint density at radius 2 is 2.00 bits per heavy atom. The molecule has 0 spiro atoms. The maximum absolute atomic E-state index is 13.7. The summed E-state index contributed by atoms with van der Waals surface area (Å²) >= 11 is -0.869. The molecule has 2 aromatic heterocycles. The van der Waals surface area contributed by atoms with Gasteiger partial charge in [0.2, 0.25) is 5.82 Å². The van der Waals surface area contributed by atoms with Gasteiger partial charge in [0.05, 0.1) is 6.04 Å². The smallest absolute Gasteiger partial charge is 0.449 e. The minimum Gasteiger partial charge on any atom is -0.610 e. The summed E-state index contributed by atoms with van der Waals surface area (Å²) in [7, 11) is 0. The van der Waals surface area contributed by atoms with Gasteiger partial charge in [-0.25, -0.2) is 9.78 Å². The Bertz CT molecular complexity index is 1010. The van der Waals surface area contributed by atoms with Crippen molar-refractivity contribution in [2.45, 2.75) is 62.3 Å². The fourth-order valence-electron chi connectivity index (χ4n) is 3.19. The number of halogens is 3. The first kappa shape index (κ1) is 22.8. The summed E-state index contributed by atoms with van der Waals surface area (Å²) in [6.07, 6.45) is -3.22. The number of rotatable bonds is 3. The molecule has 1 amide bonds. The van der Waals surface area contributed by atoms with E-state index in [1.54, 1.807) is 20.8 Å². The fourth-order valence-corrected chi connectivity index (χ4v) is 4.78. The summed E-state index contributed by atoms with van der Waals surface area (Å²) in [4.78, 5) is 34.0. The third-order valence-electron chi connectivity index (χ3n) is 4.40. The van der Waals surface area contributed by atoms with E-state index in [2.05, 4.69) is 9.97 Å². The van der Waals surface area contributed by atoms with Crippen LogP contribution in [0, 0.1) is 0 Å². The summed E-state index contributed by atoms with van der Waals surface area (Å²) in [6.45, 7) is 5.01. The first-order valence-corrected chi connectivity index (χ1v) is 11.5. The van der Waals surface area contributed by atoms with Gasteiger partial charge in [0.25, 0.3) is 5.56 Å². The number of amides is 1. The average molecular weight is 467 g/mol. The van der Waals surface area contributed by atoms with E-state index >= 15 is 0 Å². The van der Waals surface area contributed by atoms with Crippen LogP contribution < -0.4 is 5.56 Å². The van der Waals surface area contributed by atoms with Crippen molar-refractivity contribution in [2.75, 3.05) is 12.8 Å². The third kappa shape index (κ3) is 4.72. The van der Waals surface area contributed by atoms with Gasteiger partial charge in [0, 0.05) is 24.3 Å². The van der Waals surface area contributed by atoms with Crippen LogP contribution in [0.3, 0.4) is 0 Å². The second-order valence-corrected chi connectivity index (χ2v) is 10.4. The maximum Gasteiger partial charge on any atom is 0.449 e. The molecule has 0 aromatic carbocycles. The van der Waals surface area contributed by atoms with E-state index in [0.29, 0.717) is 35.3 Å². The van der Waals surface area contributed by atoms with Crippen molar-refractivity contribution in [1.29, 1.82) is 0 Å². The standard InChI is InChI=1S/C17H21F3N4O4S2/c1-16(2,3)28-15(26)23-7-5-6-9(23)8-24-12(25)10-11(22-13(24)17(18,19)20)29-14(21-10)30(4)27/h9H,5-8H2,1-4H3/t9-,30?/m0/s1. The van der Waals surface area contributed by atoms with Crippen LogP contribution in [0.15, 0.2) is 9.13 Å². The van der Waals surface area contributed by atoms with Crippen molar-refractivity contribution in [2.24, 2.45) is 0 Å². The second kappa shape index (κ2) is 8.00. The number of thiazole rings is 1. The van der Waals surface area contributed by atoms with E-state index in [9.17, 15) is 27.3 Å². The zero-order valence-corrected chi connectivity index (χ0v) is 18.4. The van der Waals surface area contributed by atoms with Crippen molar-refractivity contribution >= 4 is 39.0 Å². The van der Waals surface area contributed by atoms with Crippen LogP contribution in [-0.4, -0.2) is 54.5 Å². The van der Waals surface area contributed by atoms with E-state index in [1.807, 2.05) is 0 Å². The van der Waals surface area contributed by atoms with Gasteiger partial charge in [0.15, 0.2) is 10.3 Å². The maximum atomic E-state index is 13.7. The lowest BCUT2D eigenvalue weighted by Crippen LogP contribution is -2.44. The van der Waals surface area contributed by atoms with Crippen LogP contribution in [0.4, 0.5) is 18.0 Å². The number of fused-ring (bicyclic) bond motifs is 1. The molecule has 1 unspecified atom stereocenters. The first-order valence-electron chi connectivity index (χ1n) is 9.09. The molecule has 1 aliphatic rings. The van der Waals surface area contributed by atoms with Gasteiger partial charge in [-0.2, -0.15) is 18.2 Å². The number of carbonyl (C=O) groups is 1. The second-order valence-electron chi connectivity index (χ2n) is 7.91. The largest absolute Gasteiger partial charge is 0.610 e. The minimum atomic E-state index is -4.89. The van der Waals surface area contributed by atoms with Gasteiger partial charge in [-0.15, -0.1) is 0 Å². The lowest BCUT2D eigenvalue weighted by Gasteiger charge is -2.29. The minimum absolute atomic E-state index is 0.0247. The highest BCUT2D eigenvalue weighted by molar-refractivity contribution is 7.92. The molecule has 0 aliphatic carbocycles. The van der Waals surface area contributed by atoms with E-state index in [1.165, 1.54) is 11.2 Å². The molecule has 3 rings (SSSR count). The Morgan fingerprint density at radius 1 is 1.33 bits per heavy atom. The summed E-state index contributed by atoms with van der Waals surface area (Å²) in [5.74, 6) is -1.37. The number of carbonyl (C=O) groups excluding carboxylic acids is 1. The number of ether oxygens (including phenoxy) is 1. The quantitative estimate of drug-likeness (QED) is 0.645. The van der Waals surface area contributed by atoms with Crippen LogP contribution in [0.1, 0.15) is 39.4 Å². The number of nitrogens with zero attached hydrogens (tertiary/aromatic N) is 4. The van der Waals surface area contributed by atoms with E-state index in [0.717, 1.165) is 0 Å². The number of hydrogen-bond donors (Lipinski definition) is 0. The summed E-state index contributed by atoms with van der Waals surface area (Å²) in [6, 6.07) is -0.656. The molecule has 3 heterocycles. The van der Waals surface area contributed by atoms with E-state index < -0.39 is 53.0 Å². The van der Waals surface area contributed by atoms with Gasteiger partial charge in [-0.3, -0.25) is 9.36 Å². The molecule has 13 heteroatoms. The van der Waals surface area contributed by atoms with Crippen molar-refractivity contribution < 1.29 is 27.3 Å². The van der Waals surface area contributed by atoms with Gasteiger partial charge in [-0.1, -0.05) is 0 Å². The SMILES string of the molecule is C[S+]([O-])c1nc2c(=O)n(C[C@@H]3CCCN3C(=O)OC(C)(C)C)c(C(F)(F)F)nc2s1. The summed E-state index contributed by atoms with van der Waals surface area (Å²) in [5, 5.41) is 0. The summed E-state index contributed by atoms with van der Waals surface area (Å²) < 4.78 is 58.5. The highest BCUT2D eigenvalue weighted by Crippen LogP contribution is 2.31. The third-order valence-corrected chi connectivity index (χ3v) is 6.68. The Balaban J connectivity index is 2.03. The van der Waals surface area contributed by atoms with Crippen LogP contribution in [0.2, 0.25) is 0 Å². The molecule has 166 valence electrons. The molecule has 0 radical (unpaired) electrons. The van der Waals surface area contributed by atoms with E-state index in [4.69, 9.17) is 4.74 Å². The Morgan fingerprint density at radius 3 is 2.57 bits per heavy atom. The molecular weight excluding hydrogens is 445 g/mol. The monoisotopic (exact) mass is 466 g/mol. The topological polar surface area (TPSA) is 100 Å². The Kier molecular flexibility index (Phi) is 6.09. The van der Waals surface area contributed by atoms with Crippen LogP contribution in [0.5, 0.6) is 0 Å². The van der Waals surface area contributed by atoms with Crippen molar-refractivity contribution in [3.8, 4) is 0 Å². The summed E-state index contributed by atoms with van der Waals surface area (Å²) in [5.41, 5.74) is -2.00. The van der Waals surface area contributed by atoms with Crippen molar-refractivity contribution in [3.63, 3.8) is 0 Å². The van der Waals surface area contributed by atoms with Gasteiger partial charge in [-0.05, 0) is 44.9 Å². The zero-order chi connectivity index (χ0) is 22.4. The average Bonchev–Trinajstić information content (AvgIpc) is 3.21. The zero-order valence-electron chi connectivity index (χ0n) is 16.8. The van der Waals surface area contributed by atoms with Crippen LogP contribution in [0.25, 0.3) is 10.3 Å². The highest BCUT2D eigenvalue weighted by atomic mass is 32.2. The molecule has 2 aromatic rings. The van der Waals surface area contributed by atoms with E-state index in [-0.39, 0.29) is 14.7 Å². The molecule has 30 heavy (non-hydrogen) atoms. The molecule has 1 fully saturated rings. The molecule has 0 bridgehead atoms. The Hall–Kier alpha value is -1.86. The molecule has 2 atom stereocenters. The lowest BCUT2D eigenvalue weighted by molar-refractivity contribution is -0.148. The normalized spacial score (nSPS) is 18.8. The number of aromatic nitrogens is 3. The predicted octanol–water partition coefficient (Wildman–Crippen LogP) is 3.01. The first-order chi connectivity index (χ1) is 13.8. The van der Waals surface area contributed by atoms with Crippen LogP contribution >= 0.6 is 11.3 Å². The molecule has 0 saturated carbocycles. The van der Waals surface area contributed by atoms with Gasteiger partial charge in [0.1, 0.15) is 11.9 Å².